The molecule has 6 heteroatoms. The molecular weight excluding hydrogens is 283 g/mol. The number of guanidine groups is 1. The van der Waals surface area contributed by atoms with Gasteiger partial charge in [-0.15, -0.1) is 0 Å². The van der Waals surface area contributed by atoms with Gasteiger partial charge in [-0.2, -0.15) is 0 Å². The van der Waals surface area contributed by atoms with Crippen molar-refractivity contribution in [2.45, 2.75) is 26.4 Å². The van der Waals surface area contributed by atoms with Crippen LogP contribution in [-0.4, -0.2) is 17.0 Å². The molecule has 1 aromatic carbocycles. The van der Waals surface area contributed by atoms with E-state index in [0.29, 0.717) is 23.8 Å². The van der Waals surface area contributed by atoms with Crippen LogP contribution in [0.3, 0.4) is 0 Å². The van der Waals surface area contributed by atoms with Gasteiger partial charge in [0.25, 0.3) is 0 Å². The van der Waals surface area contributed by atoms with Crippen molar-refractivity contribution in [2.75, 3.05) is 0 Å². The predicted octanol–water partition coefficient (Wildman–Crippen LogP) is 2.83. The molecule has 116 valence electrons. The molecular formula is C16H19FN4O. The molecule has 1 aromatic heterocycles. The van der Waals surface area contributed by atoms with Gasteiger partial charge in [-0.25, -0.2) is 9.38 Å². The summed E-state index contributed by atoms with van der Waals surface area (Å²) in [6.45, 7) is 4.23. The van der Waals surface area contributed by atoms with Crippen LogP contribution in [0.1, 0.15) is 19.4 Å². The number of rotatable bonds is 5. The van der Waals surface area contributed by atoms with E-state index in [1.165, 1.54) is 12.3 Å². The highest BCUT2D eigenvalue weighted by atomic mass is 19.1. The first-order chi connectivity index (χ1) is 10.5. The molecule has 0 aliphatic carbocycles. The molecule has 0 aliphatic rings. The quantitative estimate of drug-likeness (QED) is 0.658. The third kappa shape index (κ3) is 4.73. The summed E-state index contributed by atoms with van der Waals surface area (Å²) in [5, 5.41) is 2.97. The number of nitrogens with one attached hydrogen (secondary N) is 1. The van der Waals surface area contributed by atoms with E-state index in [0.717, 1.165) is 0 Å². The van der Waals surface area contributed by atoms with Gasteiger partial charge in [-0.3, -0.25) is 4.98 Å². The van der Waals surface area contributed by atoms with E-state index in [4.69, 9.17) is 10.5 Å². The zero-order valence-electron chi connectivity index (χ0n) is 12.6. The molecule has 0 saturated carbocycles. The highest BCUT2D eigenvalue weighted by molar-refractivity contribution is 5.78. The van der Waals surface area contributed by atoms with Crippen molar-refractivity contribution in [2.24, 2.45) is 10.7 Å². The second kappa shape index (κ2) is 7.40. The number of halogens is 1. The molecule has 0 amide bonds. The molecule has 2 rings (SSSR count). The van der Waals surface area contributed by atoms with Crippen molar-refractivity contribution in [3.63, 3.8) is 0 Å². The Labute approximate surface area is 129 Å². The normalized spacial score (nSPS) is 11.5. The summed E-state index contributed by atoms with van der Waals surface area (Å²) in [6, 6.07) is 8.35. The monoisotopic (exact) mass is 302 g/mol. The molecule has 5 nitrogen and oxygen atoms in total. The first-order valence-corrected chi connectivity index (χ1v) is 6.97. The topological polar surface area (TPSA) is 72.5 Å². The fourth-order valence-electron chi connectivity index (χ4n) is 1.78. The van der Waals surface area contributed by atoms with Crippen LogP contribution in [0.15, 0.2) is 47.7 Å². The van der Waals surface area contributed by atoms with Crippen molar-refractivity contribution in [3.05, 3.63) is 54.1 Å². The number of nitrogens with two attached hydrogens (primary N) is 1. The van der Waals surface area contributed by atoms with Gasteiger partial charge in [0, 0.05) is 12.2 Å². The number of aliphatic imine (C=N–C) groups is 1. The Balaban J connectivity index is 2.03. The van der Waals surface area contributed by atoms with Crippen LogP contribution in [0, 0.1) is 5.82 Å². The lowest BCUT2D eigenvalue weighted by Gasteiger charge is -2.09. The van der Waals surface area contributed by atoms with Gasteiger partial charge in [0.1, 0.15) is 5.75 Å². The van der Waals surface area contributed by atoms with Crippen LogP contribution < -0.4 is 15.8 Å². The molecule has 0 unspecified atom stereocenters. The van der Waals surface area contributed by atoms with Crippen molar-refractivity contribution in [1.82, 2.24) is 10.3 Å². The summed E-state index contributed by atoms with van der Waals surface area (Å²) in [5.41, 5.74) is 6.42. The van der Waals surface area contributed by atoms with E-state index in [2.05, 4.69) is 15.3 Å². The Hall–Kier alpha value is -2.63. The van der Waals surface area contributed by atoms with E-state index in [1.807, 2.05) is 13.8 Å². The summed E-state index contributed by atoms with van der Waals surface area (Å²) < 4.78 is 19.5. The summed E-state index contributed by atoms with van der Waals surface area (Å²) >= 11 is 0. The van der Waals surface area contributed by atoms with Crippen LogP contribution in [0.5, 0.6) is 11.5 Å². The molecule has 1 heterocycles. The minimum Gasteiger partial charge on any atom is -0.453 e. The zero-order chi connectivity index (χ0) is 15.9. The van der Waals surface area contributed by atoms with Crippen molar-refractivity contribution < 1.29 is 9.13 Å². The van der Waals surface area contributed by atoms with Gasteiger partial charge in [0.15, 0.2) is 17.5 Å². The summed E-state index contributed by atoms with van der Waals surface area (Å²) in [7, 11) is 0. The summed E-state index contributed by atoms with van der Waals surface area (Å²) in [5.74, 6) is 0.518. The lowest BCUT2D eigenvalue weighted by molar-refractivity contribution is 0.440. The van der Waals surface area contributed by atoms with Crippen LogP contribution in [0.25, 0.3) is 0 Å². The number of hydrogen-bond acceptors (Lipinski definition) is 3. The SMILES string of the molecule is CC(C)NC(N)=NCc1ccc(Oc2cccnc2)c(F)c1. The maximum Gasteiger partial charge on any atom is 0.189 e. The molecule has 0 aliphatic heterocycles. The molecule has 0 atom stereocenters. The molecule has 0 fully saturated rings. The number of hydrogen-bond donors (Lipinski definition) is 2. The highest BCUT2D eigenvalue weighted by Gasteiger charge is 2.06. The molecule has 2 aromatic rings. The maximum absolute atomic E-state index is 14.0. The number of aromatic nitrogens is 1. The average Bonchev–Trinajstić information content (AvgIpc) is 2.48. The van der Waals surface area contributed by atoms with E-state index >= 15 is 0 Å². The Kier molecular flexibility index (Phi) is 5.30. The molecule has 0 bridgehead atoms. The first kappa shape index (κ1) is 15.8. The minimum atomic E-state index is -0.452. The van der Waals surface area contributed by atoms with Crippen LogP contribution in [-0.2, 0) is 6.54 Å². The second-order valence-corrected chi connectivity index (χ2v) is 5.06. The van der Waals surface area contributed by atoms with Crippen LogP contribution in [0.4, 0.5) is 4.39 Å². The standard InChI is InChI=1S/C16H19FN4O/c1-11(2)21-16(18)20-9-12-5-6-15(14(17)8-12)22-13-4-3-7-19-10-13/h3-8,10-11H,9H2,1-2H3,(H3,18,20,21). The van der Waals surface area contributed by atoms with Gasteiger partial charge in [0.05, 0.1) is 12.7 Å². The fourth-order valence-corrected chi connectivity index (χ4v) is 1.78. The van der Waals surface area contributed by atoms with E-state index in [9.17, 15) is 4.39 Å². The average molecular weight is 302 g/mol. The van der Waals surface area contributed by atoms with Crippen molar-refractivity contribution in [3.8, 4) is 11.5 Å². The zero-order valence-corrected chi connectivity index (χ0v) is 12.6. The highest BCUT2D eigenvalue weighted by Crippen LogP contribution is 2.24. The number of ether oxygens (including phenoxy) is 1. The minimum absolute atomic E-state index is 0.147. The number of pyridine rings is 1. The second-order valence-electron chi connectivity index (χ2n) is 5.06. The third-order valence-corrected chi connectivity index (χ3v) is 2.73. The predicted molar refractivity (Wildman–Crippen MR) is 84.3 cm³/mol. The van der Waals surface area contributed by atoms with E-state index in [-0.39, 0.29) is 11.8 Å². The van der Waals surface area contributed by atoms with Gasteiger partial charge in [-0.05, 0) is 43.7 Å². The number of nitrogens with zero attached hydrogens (tertiary/aromatic N) is 2. The fraction of sp³-hybridized carbons (Fsp3) is 0.250. The van der Waals surface area contributed by atoms with E-state index < -0.39 is 5.82 Å². The lowest BCUT2D eigenvalue weighted by Crippen LogP contribution is -2.36. The Morgan fingerprint density at radius 2 is 2.23 bits per heavy atom. The van der Waals surface area contributed by atoms with Crippen LogP contribution >= 0.6 is 0 Å². The smallest absolute Gasteiger partial charge is 0.189 e. The van der Waals surface area contributed by atoms with Crippen LogP contribution in [0.2, 0.25) is 0 Å². The molecule has 0 saturated heterocycles. The Morgan fingerprint density at radius 1 is 1.41 bits per heavy atom. The molecule has 3 N–H and O–H groups in total. The lowest BCUT2D eigenvalue weighted by atomic mass is 10.2. The Morgan fingerprint density at radius 3 is 2.86 bits per heavy atom. The van der Waals surface area contributed by atoms with Crippen molar-refractivity contribution in [1.29, 1.82) is 0 Å². The maximum atomic E-state index is 14.0. The molecule has 22 heavy (non-hydrogen) atoms. The van der Waals surface area contributed by atoms with Crippen molar-refractivity contribution >= 4 is 5.96 Å². The van der Waals surface area contributed by atoms with Gasteiger partial charge in [-0.1, -0.05) is 6.07 Å². The van der Waals surface area contributed by atoms with Gasteiger partial charge >= 0.3 is 0 Å². The van der Waals surface area contributed by atoms with Gasteiger partial charge in [0.2, 0.25) is 0 Å². The van der Waals surface area contributed by atoms with E-state index in [1.54, 1.807) is 30.5 Å². The largest absolute Gasteiger partial charge is 0.453 e. The summed E-state index contributed by atoms with van der Waals surface area (Å²) in [6.07, 6.45) is 3.15. The Bertz CT molecular complexity index is 644. The first-order valence-electron chi connectivity index (χ1n) is 6.97. The molecule has 0 spiro atoms. The number of benzene rings is 1. The molecule has 0 radical (unpaired) electrons. The third-order valence-electron chi connectivity index (χ3n) is 2.73. The summed E-state index contributed by atoms with van der Waals surface area (Å²) in [4.78, 5) is 8.07. The van der Waals surface area contributed by atoms with Gasteiger partial charge < -0.3 is 15.8 Å².